The molecule has 2 N–H and O–H groups in total. The maximum Gasteiger partial charge on any atom is 0.0746 e. The summed E-state index contributed by atoms with van der Waals surface area (Å²) in [6, 6.07) is 0.441. The van der Waals surface area contributed by atoms with Crippen LogP contribution in [0.3, 0.4) is 0 Å². The molecule has 4 heteroatoms. The Hall–Kier alpha value is 0.0700. The second-order valence-corrected chi connectivity index (χ2v) is 7.29. The van der Waals surface area contributed by atoms with E-state index in [-0.39, 0.29) is 0 Å². The first-order valence-corrected chi connectivity index (χ1v) is 7.68. The molecule has 0 aromatic heterocycles. The van der Waals surface area contributed by atoms with Crippen molar-refractivity contribution in [1.82, 2.24) is 5.32 Å². The molecule has 1 unspecified atom stereocenters. The minimum atomic E-state index is -0.620. The molecule has 1 heterocycles. The molecule has 0 aromatic rings. The van der Waals surface area contributed by atoms with Gasteiger partial charge in [0, 0.05) is 34.9 Å². The quantitative estimate of drug-likeness (QED) is 0.769. The zero-order valence-electron chi connectivity index (χ0n) is 10.7. The molecule has 1 aliphatic heterocycles. The summed E-state index contributed by atoms with van der Waals surface area (Å²) in [6.07, 6.45) is 2.77. The van der Waals surface area contributed by atoms with Crippen LogP contribution < -0.4 is 5.32 Å². The van der Waals surface area contributed by atoms with Crippen molar-refractivity contribution in [2.75, 3.05) is 18.1 Å². The van der Waals surface area contributed by atoms with Gasteiger partial charge in [0.1, 0.15) is 0 Å². The molecule has 16 heavy (non-hydrogen) atoms. The molecule has 0 radical (unpaired) electrons. The van der Waals surface area contributed by atoms with Crippen LogP contribution in [0.2, 0.25) is 0 Å². The second kappa shape index (κ2) is 6.12. The highest BCUT2D eigenvalue weighted by molar-refractivity contribution is 7.85. The third-order valence-corrected chi connectivity index (χ3v) is 4.39. The van der Waals surface area contributed by atoms with Crippen molar-refractivity contribution >= 4 is 10.8 Å². The molecule has 0 amide bonds. The van der Waals surface area contributed by atoms with Crippen LogP contribution in [0.25, 0.3) is 0 Å². The minimum Gasteiger partial charge on any atom is -0.389 e. The molecule has 0 aliphatic carbocycles. The van der Waals surface area contributed by atoms with Gasteiger partial charge in [0.05, 0.1) is 5.60 Å². The molecular formula is C12H25NO2S. The Morgan fingerprint density at radius 1 is 1.44 bits per heavy atom. The topological polar surface area (TPSA) is 49.3 Å². The molecule has 96 valence electrons. The Bertz CT molecular complexity index is 231. The summed E-state index contributed by atoms with van der Waals surface area (Å²) in [5.74, 6) is 2.13. The van der Waals surface area contributed by atoms with Gasteiger partial charge in [-0.3, -0.25) is 4.21 Å². The van der Waals surface area contributed by atoms with Crippen LogP contribution in [0, 0.1) is 5.92 Å². The van der Waals surface area contributed by atoms with Crippen LogP contribution in [-0.2, 0) is 10.8 Å². The fourth-order valence-electron chi connectivity index (χ4n) is 2.31. The van der Waals surface area contributed by atoms with Crippen LogP contribution in [0.4, 0.5) is 0 Å². The normalized spacial score (nSPS) is 30.3. The highest BCUT2D eigenvalue weighted by Gasteiger charge is 2.24. The third-order valence-electron chi connectivity index (χ3n) is 3.01. The molecule has 0 bridgehead atoms. The fourth-order valence-corrected chi connectivity index (χ4v) is 3.61. The lowest BCUT2D eigenvalue weighted by Gasteiger charge is -2.30. The highest BCUT2D eigenvalue weighted by Crippen LogP contribution is 2.16. The second-order valence-electron chi connectivity index (χ2n) is 5.60. The van der Waals surface area contributed by atoms with Gasteiger partial charge in [-0.05, 0) is 32.1 Å². The smallest absolute Gasteiger partial charge is 0.0746 e. The van der Waals surface area contributed by atoms with E-state index in [4.69, 9.17) is 0 Å². The first-order valence-electron chi connectivity index (χ1n) is 6.20. The average molecular weight is 247 g/mol. The van der Waals surface area contributed by atoms with Gasteiger partial charge in [0.25, 0.3) is 0 Å². The van der Waals surface area contributed by atoms with Gasteiger partial charge < -0.3 is 10.4 Å². The van der Waals surface area contributed by atoms with E-state index in [1.54, 1.807) is 0 Å². The Labute approximate surface area is 101 Å². The van der Waals surface area contributed by atoms with Crippen molar-refractivity contribution in [2.24, 2.45) is 5.92 Å². The van der Waals surface area contributed by atoms with Crippen LogP contribution in [0.1, 0.15) is 40.0 Å². The first kappa shape index (κ1) is 14.1. The molecule has 0 saturated carbocycles. The molecule has 1 saturated heterocycles. The Kier molecular flexibility index (Phi) is 5.41. The largest absolute Gasteiger partial charge is 0.389 e. The van der Waals surface area contributed by atoms with E-state index in [2.05, 4.69) is 19.2 Å². The fraction of sp³-hybridized carbons (Fsp3) is 1.00. The lowest BCUT2D eigenvalue weighted by Crippen LogP contribution is -2.45. The molecule has 1 aliphatic rings. The first-order chi connectivity index (χ1) is 7.39. The van der Waals surface area contributed by atoms with Gasteiger partial charge in [0.2, 0.25) is 0 Å². The average Bonchev–Trinajstić information content (AvgIpc) is 2.15. The Morgan fingerprint density at radius 3 is 2.50 bits per heavy atom. The lowest BCUT2D eigenvalue weighted by molar-refractivity contribution is 0.0356. The van der Waals surface area contributed by atoms with Gasteiger partial charge in [-0.15, -0.1) is 0 Å². The summed E-state index contributed by atoms with van der Waals surface area (Å²) in [7, 11) is -0.597. The van der Waals surface area contributed by atoms with E-state index in [0.29, 0.717) is 18.5 Å². The highest BCUT2D eigenvalue weighted by atomic mass is 32.2. The number of hydrogen-bond donors (Lipinski definition) is 2. The van der Waals surface area contributed by atoms with Gasteiger partial charge >= 0.3 is 0 Å². The van der Waals surface area contributed by atoms with E-state index in [0.717, 1.165) is 30.8 Å². The van der Waals surface area contributed by atoms with Gasteiger partial charge in [-0.1, -0.05) is 13.8 Å². The van der Waals surface area contributed by atoms with Crippen LogP contribution >= 0.6 is 0 Å². The molecule has 1 fully saturated rings. The Balaban J connectivity index is 2.25. The summed E-state index contributed by atoms with van der Waals surface area (Å²) in [6.45, 7) is 6.78. The molecular weight excluding hydrogens is 222 g/mol. The molecule has 3 nitrogen and oxygen atoms in total. The summed E-state index contributed by atoms with van der Waals surface area (Å²) in [5, 5.41) is 13.5. The standard InChI is InChI=1S/C12H25NO2S/c1-10(2)8-12(3,14)9-13-11-4-6-16(15)7-5-11/h10-11,13-14H,4-9H2,1-3H3. The third kappa shape index (κ3) is 5.41. The predicted molar refractivity (Wildman–Crippen MR) is 69.0 cm³/mol. The van der Waals surface area contributed by atoms with Crippen molar-refractivity contribution in [1.29, 1.82) is 0 Å². The van der Waals surface area contributed by atoms with Gasteiger partial charge in [0.15, 0.2) is 0 Å². The predicted octanol–water partition coefficient (Wildman–Crippen LogP) is 1.28. The maximum atomic E-state index is 11.2. The van der Waals surface area contributed by atoms with E-state index < -0.39 is 16.4 Å². The molecule has 0 spiro atoms. The molecule has 1 rings (SSSR count). The summed E-state index contributed by atoms with van der Waals surface area (Å²) in [4.78, 5) is 0. The van der Waals surface area contributed by atoms with Gasteiger partial charge in [-0.25, -0.2) is 0 Å². The number of hydrogen-bond acceptors (Lipinski definition) is 3. The lowest BCUT2D eigenvalue weighted by atomic mass is 9.94. The van der Waals surface area contributed by atoms with Crippen molar-refractivity contribution < 1.29 is 9.32 Å². The zero-order chi connectivity index (χ0) is 12.2. The minimum absolute atomic E-state index is 0.441. The van der Waals surface area contributed by atoms with E-state index in [1.165, 1.54) is 0 Å². The van der Waals surface area contributed by atoms with Crippen LogP contribution in [0.15, 0.2) is 0 Å². The van der Waals surface area contributed by atoms with E-state index >= 15 is 0 Å². The number of nitrogens with one attached hydrogen (secondary N) is 1. The summed E-state index contributed by atoms with van der Waals surface area (Å²) >= 11 is 0. The van der Waals surface area contributed by atoms with Crippen molar-refractivity contribution in [3.63, 3.8) is 0 Å². The van der Waals surface area contributed by atoms with Gasteiger partial charge in [-0.2, -0.15) is 0 Å². The van der Waals surface area contributed by atoms with E-state index in [1.807, 2.05) is 6.92 Å². The Morgan fingerprint density at radius 2 is 2.00 bits per heavy atom. The summed E-state index contributed by atoms with van der Waals surface area (Å²) < 4.78 is 11.2. The van der Waals surface area contributed by atoms with Crippen LogP contribution in [0.5, 0.6) is 0 Å². The van der Waals surface area contributed by atoms with Crippen LogP contribution in [-0.4, -0.2) is 39.0 Å². The SMILES string of the molecule is CC(C)CC(C)(O)CNC1CCS(=O)CC1. The number of rotatable bonds is 5. The summed E-state index contributed by atoms with van der Waals surface area (Å²) in [5.41, 5.74) is -0.620. The number of aliphatic hydroxyl groups is 1. The van der Waals surface area contributed by atoms with Crippen molar-refractivity contribution in [2.45, 2.75) is 51.7 Å². The maximum absolute atomic E-state index is 11.2. The zero-order valence-corrected chi connectivity index (χ0v) is 11.5. The monoisotopic (exact) mass is 247 g/mol. The molecule has 0 aromatic carbocycles. The van der Waals surface area contributed by atoms with Crippen molar-refractivity contribution in [3.8, 4) is 0 Å². The van der Waals surface area contributed by atoms with E-state index in [9.17, 15) is 9.32 Å². The molecule has 1 atom stereocenters. The van der Waals surface area contributed by atoms with Crippen molar-refractivity contribution in [3.05, 3.63) is 0 Å².